The van der Waals surface area contributed by atoms with Gasteiger partial charge >= 0.3 is 5.97 Å². The Morgan fingerprint density at radius 2 is 1.92 bits per heavy atom. The van der Waals surface area contributed by atoms with Crippen molar-refractivity contribution in [3.63, 3.8) is 0 Å². The van der Waals surface area contributed by atoms with E-state index in [1.54, 1.807) is 6.07 Å². The summed E-state index contributed by atoms with van der Waals surface area (Å²) in [6.45, 7) is 2.04. The van der Waals surface area contributed by atoms with E-state index in [0.29, 0.717) is 16.9 Å². The number of halogens is 2. The topological polar surface area (TPSA) is 26.3 Å². The fraction of sp³-hybridized carbons (Fsp3) is 0.409. The largest absolute Gasteiger partial charge is 0.459 e. The lowest BCUT2D eigenvalue weighted by atomic mass is 9.84. The molecule has 3 rings (SSSR count). The molecule has 0 aromatic heterocycles. The van der Waals surface area contributed by atoms with E-state index >= 15 is 0 Å². The first-order valence-electron chi connectivity index (χ1n) is 9.28. The highest BCUT2D eigenvalue weighted by Gasteiger charge is 2.24. The van der Waals surface area contributed by atoms with Crippen molar-refractivity contribution >= 4 is 16.7 Å². The summed E-state index contributed by atoms with van der Waals surface area (Å²) in [7, 11) is 0. The third kappa shape index (κ3) is 4.29. The second-order valence-corrected chi connectivity index (χ2v) is 6.99. The Labute approximate surface area is 152 Å². The van der Waals surface area contributed by atoms with Crippen LogP contribution in [0.4, 0.5) is 8.78 Å². The number of ether oxygens (including phenoxy) is 1. The number of hydrogen-bond acceptors (Lipinski definition) is 2. The van der Waals surface area contributed by atoms with Crippen LogP contribution in [0.2, 0.25) is 0 Å². The predicted molar refractivity (Wildman–Crippen MR) is 99.1 cm³/mol. The van der Waals surface area contributed by atoms with Crippen LogP contribution in [0, 0.1) is 17.6 Å². The fourth-order valence-electron chi connectivity index (χ4n) is 3.65. The maximum absolute atomic E-state index is 13.8. The molecule has 2 aromatic carbocycles. The molecule has 0 radical (unpaired) electrons. The standard InChI is InChI=1S/C22H24F2O2/c1-2-3-4-5-15-6-10-18(11-7-15)26-22(25)17-8-12-19-16(14-17)9-13-20(23)21(19)24/h2-3,8-9,12-15,18H,4-7,10-11H2,1H3/b3-2+. The van der Waals surface area contributed by atoms with Crippen LogP contribution >= 0.6 is 0 Å². The first-order chi connectivity index (χ1) is 12.6. The van der Waals surface area contributed by atoms with Crippen molar-refractivity contribution in [2.24, 2.45) is 5.92 Å². The lowest BCUT2D eigenvalue weighted by Gasteiger charge is -2.28. The monoisotopic (exact) mass is 358 g/mol. The van der Waals surface area contributed by atoms with Gasteiger partial charge in [-0.15, -0.1) is 0 Å². The van der Waals surface area contributed by atoms with Gasteiger partial charge in [0, 0.05) is 5.39 Å². The Bertz CT molecular complexity index is 805. The zero-order valence-electron chi connectivity index (χ0n) is 15.0. The molecule has 0 unspecified atom stereocenters. The van der Waals surface area contributed by atoms with Crippen molar-refractivity contribution in [3.8, 4) is 0 Å². The van der Waals surface area contributed by atoms with E-state index in [1.807, 2.05) is 6.92 Å². The molecule has 1 aliphatic rings. The molecule has 0 saturated heterocycles. The van der Waals surface area contributed by atoms with Gasteiger partial charge in [0.2, 0.25) is 0 Å². The molecule has 138 valence electrons. The van der Waals surface area contributed by atoms with Crippen LogP contribution in [0.15, 0.2) is 42.5 Å². The van der Waals surface area contributed by atoms with Crippen LogP contribution in [0.3, 0.4) is 0 Å². The Balaban J connectivity index is 1.59. The zero-order chi connectivity index (χ0) is 18.5. The quantitative estimate of drug-likeness (QED) is 0.470. The number of carbonyl (C=O) groups is 1. The highest BCUT2D eigenvalue weighted by molar-refractivity contribution is 5.95. The van der Waals surface area contributed by atoms with Gasteiger partial charge in [0.25, 0.3) is 0 Å². The minimum absolute atomic E-state index is 0.0545. The summed E-state index contributed by atoms with van der Waals surface area (Å²) in [4.78, 5) is 12.4. The minimum Gasteiger partial charge on any atom is -0.459 e. The van der Waals surface area contributed by atoms with E-state index in [2.05, 4.69) is 12.2 Å². The van der Waals surface area contributed by atoms with Crippen LogP contribution in [0.25, 0.3) is 10.8 Å². The van der Waals surface area contributed by atoms with Crippen LogP contribution in [-0.2, 0) is 4.74 Å². The molecule has 1 saturated carbocycles. The Kier molecular flexibility index (Phi) is 6.02. The fourth-order valence-corrected chi connectivity index (χ4v) is 3.65. The lowest BCUT2D eigenvalue weighted by molar-refractivity contribution is 0.0162. The SMILES string of the molecule is C/C=C/CCC1CCC(OC(=O)c2ccc3c(F)c(F)ccc3c2)CC1. The van der Waals surface area contributed by atoms with Gasteiger partial charge < -0.3 is 4.74 Å². The molecule has 26 heavy (non-hydrogen) atoms. The van der Waals surface area contributed by atoms with Gasteiger partial charge in [-0.1, -0.05) is 24.3 Å². The molecule has 2 aromatic rings. The van der Waals surface area contributed by atoms with E-state index in [-0.39, 0.29) is 11.5 Å². The summed E-state index contributed by atoms with van der Waals surface area (Å²) in [5.41, 5.74) is 0.374. The first kappa shape index (κ1) is 18.6. The number of rotatable bonds is 5. The average molecular weight is 358 g/mol. The van der Waals surface area contributed by atoms with Crippen LogP contribution in [-0.4, -0.2) is 12.1 Å². The second-order valence-electron chi connectivity index (χ2n) is 6.99. The Morgan fingerprint density at radius 1 is 1.15 bits per heavy atom. The number of carbonyl (C=O) groups excluding carboxylic acids is 1. The Hall–Kier alpha value is -2.23. The molecule has 4 heteroatoms. The molecule has 0 heterocycles. The first-order valence-corrected chi connectivity index (χ1v) is 9.28. The lowest BCUT2D eigenvalue weighted by Crippen LogP contribution is -2.24. The Morgan fingerprint density at radius 3 is 2.65 bits per heavy atom. The van der Waals surface area contributed by atoms with Crippen molar-refractivity contribution in [2.75, 3.05) is 0 Å². The minimum atomic E-state index is -0.890. The molecule has 0 bridgehead atoms. The maximum atomic E-state index is 13.8. The van der Waals surface area contributed by atoms with Crippen LogP contribution in [0.1, 0.15) is 55.8 Å². The maximum Gasteiger partial charge on any atom is 0.338 e. The smallest absolute Gasteiger partial charge is 0.338 e. The van der Waals surface area contributed by atoms with Crippen molar-refractivity contribution in [3.05, 3.63) is 59.7 Å². The van der Waals surface area contributed by atoms with Gasteiger partial charge in [0.05, 0.1) is 5.56 Å². The van der Waals surface area contributed by atoms with E-state index < -0.39 is 17.6 Å². The molecule has 1 aliphatic carbocycles. The summed E-state index contributed by atoms with van der Waals surface area (Å²) >= 11 is 0. The van der Waals surface area contributed by atoms with Crippen LogP contribution in [0.5, 0.6) is 0 Å². The summed E-state index contributed by atoms with van der Waals surface area (Å²) < 4.78 is 32.7. The van der Waals surface area contributed by atoms with Crippen molar-refractivity contribution < 1.29 is 18.3 Å². The van der Waals surface area contributed by atoms with E-state index in [0.717, 1.165) is 38.2 Å². The van der Waals surface area contributed by atoms with Gasteiger partial charge in [0.1, 0.15) is 6.10 Å². The molecule has 1 fully saturated rings. The molecular formula is C22H24F2O2. The number of esters is 1. The molecule has 0 N–H and O–H groups in total. The molecule has 0 amide bonds. The third-order valence-electron chi connectivity index (χ3n) is 5.19. The number of fused-ring (bicyclic) bond motifs is 1. The number of allylic oxidation sites excluding steroid dienone is 2. The van der Waals surface area contributed by atoms with Crippen molar-refractivity contribution in [2.45, 2.75) is 51.6 Å². The van der Waals surface area contributed by atoms with Gasteiger partial charge in [-0.25, -0.2) is 13.6 Å². The van der Waals surface area contributed by atoms with Gasteiger partial charge in [-0.2, -0.15) is 0 Å². The zero-order valence-corrected chi connectivity index (χ0v) is 15.0. The highest BCUT2D eigenvalue weighted by atomic mass is 19.2. The van der Waals surface area contributed by atoms with E-state index in [1.165, 1.54) is 24.6 Å². The van der Waals surface area contributed by atoms with Gasteiger partial charge in [0.15, 0.2) is 11.6 Å². The summed E-state index contributed by atoms with van der Waals surface area (Å²) in [5, 5.41) is 0.661. The number of benzene rings is 2. The number of hydrogen-bond donors (Lipinski definition) is 0. The third-order valence-corrected chi connectivity index (χ3v) is 5.19. The molecule has 2 nitrogen and oxygen atoms in total. The van der Waals surface area contributed by atoms with Gasteiger partial charge in [-0.3, -0.25) is 0 Å². The van der Waals surface area contributed by atoms with E-state index in [4.69, 9.17) is 4.74 Å². The molecular weight excluding hydrogens is 334 g/mol. The summed E-state index contributed by atoms with van der Waals surface area (Å²) in [6.07, 6.45) is 10.5. The average Bonchev–Trinajstić information content (AvgIpc) is 2.66. The van der Waals surface area contributed by atoms with E-state index in [9.17, 15) is 13.6 Å². The normalized spacial score (nSPS) is 20.6. The molecule has 0 aliphatic heterocycles. The summed E-state index contributed by atoms with van der Waals surface area (Å²) in [5.74, 6) is -1.47. The predicted octanol–water partition coefficient (Wildman–Crippen LogP) is 6.19. The highest BCUT2D eigenvalue weighted by Crippen LogP contribution is 2.30. The van der Waals surface area contributed by atoms with Crippen molar-refractivity contribution in [1.29, 1.82) is 0 Å². The molecule has 0 spiro atoms. The van der Waals surface area contributed by atoms with Crippen molar-refractivity contribution in [1.82, 2.24) is 0 Å². The second kappa shape index (κ2) is 8.43. The molecule has 0 atom stereocenters. The summed E-state index contributed by atoms with van der Waals surface area (Å²) in [6, 6.07) is 7.03. The van der Waals surface area contributed by atoms with Gasteiger partial charge in [-0.05, 0) is 75.0 Å². The van der Waals surface area contributed by atoms with Crippen LogP contribution < -0.4 is 0 Å².